The molecular formula is C25H25N3O3S. The molecule has 2 heterocycles. The number of carbonyl (C=O) groups is 3. The number of nitrogens with zero attached hydrogens (tertiary/aromatic N) is 2. The van der Waals surface area contributed by atoms with Gasteiger partial charge in [-0.1, -0.05) is 56.3 Å². The molecule has 32 heavy (non-hydrogen) atoms. The summed E-state index contributed by atoms with van der Waals surface area (Å²) in [4.78, 5) is 44.6. The van der Waals surface area contributed by atoms with E-state index in [1.807, 2.05) is 37.4 Å². The van der Waals surface area contributed by atoms with E-state index >= 15 is 0 Å². The second kappa shape index (κ2) is 9.44. The number of fused-ring (bicyclic) bond motifs is 1. The van der Waals surface area contributed by atoms with Crippen molar-refractivity contribution in [3.8, 4) is 0 Å². The third-order valence-electron chi connectivity index (χ3n) is 5.38. The van der Waals surface area contributed by atoms with Crippen LogP contribution in [0.3, 0.4) is 0 Å². The van der Waals surface area contributed by atoms with Crippen molar-refractivity contribution >= 4 is 29.1 Å². The molecular weight excluding hydrogens is 422 g/mol. The Morgan fingerprint density at radius 3 is 2.25 bits per heavy atom. The Morgan fingerprint density at radius 2 is 1.62 bits per heavy atom. The van der Waals surface area contributed by atoms with Crippen LogP contribution >= 0.6 is 11.3 Å². The molecule has 0 fully saturated rings. The molecule has 1 aromatic heterocycles. The first-order valence-electron chi connectivity index (χ1n) is 10.7. The Balaban J connectivity index is 1.44. The van der Waals surface area contributed by atoms with E-state index in [0.717, 1.165) is 22.0 Å². The van der Waals surface area contributed by atoms with E-state index in [1.165, 1.54) is 5.56 Å². The lowest BCUT2D eigenvalue weighted by Crippen LogP contribution is -2.50. The Kier molecular flexibility index (Phi) is 6.46. The predicted molar refractivity (Wildman–Crippen MR) is 123 cm³/mol. The van der Waals surface area contributed by atoms with E-state index in [1.54, 1.807) is 35.6 Å². The number of thiazole rings is 1. The van der Waals surface area contributed by atoms with E-state index in [0.29, 0.717) is 17.5 Å². The highest BCUT2D eigenvalue weighted by Gasteiger charge is 2.42. The largest absolute Gasteiger partial charge is 0.349 e. The van der Waals surface area contributed by atoms with Crippen LogP contribution in [0, 0.1) is 5.92 Å². The molecule has 3 aromatic rings. The average Bonchev–Trinajstić information content (AvgIpc) is 3.33. The van der Waals surface area contributed by atoms with Gasteiger partial charge in [-0.3, -0.25) is 19.3 Å². The first-order chi connectivity index (χ1) is 15.4. The number of nitrogens with one attached hydrogen (secondary N) is 1. The Bertz CT molecular complexity index is 1110. The zero-order valence-electron chi connectivity index (χ0n) is 18.1. The maximum Gasteiger partial charge on any atom is 0.262 e. The Hall–Kier alpha value is -3.32. The van der Waals surface area contributed by atoms with Gasteiger partial charge in [-0.2, -0.15) is 0 Å². The minimum atomic E-state index is -0.857. The molecule has 3 amide bonds. The molecule has 0 saturated heterocycles. The molecule has 0 aliphatic carbocycles. The van der Waals surface area contributed by atoms with E-state index in [9.17, 15) is 14.4 Å². The zero-order chi connectivity index (χ0) is 22.7. The van der Waals surface area contributed by atoms with E-state index in [-0.39, 0.29) is 18.4 Å². The van der Waals surface area contributed by atoms with Gasteiger partial charge in [0, 0.05) is 11.8 Å². The summed E-state index contributed by atoms with van der Waals surface area (Å²) in [5.74, 6) is -1.03. The van der Waals surface area contributed by atoms with Crippen LogP contribution in [0.2, 0.25) is 0 Å². The molecule has 1 aliphatic rings. The fourth-order valence-electron chi connectivity index (χ4n) is 3.84. The van der Waals surface area contributed by atoms with E-state index in [4.69, 9.17) is 0 Å². The number of carbonyl (C=O) groups excluding carboxylic acids is 3. The number of imide groups is 1. The number of benzene rings is 2. The average molecular weight is 448 g/mol. The highest BCUT2D eigenvalue weighted by Crippen LogP contribution is 2.27. The molecule has 7 heteroatoms. The van der Waals surface area contributed by atoms with Gasteiger partial charge in [0.25, 0.3) is 11.8 Å². The summed E-state index contributed by atoms with van der Waals surface area (Å²) in [5.41, 5.74) is 2.65. The zero-order valence-corrected chi connectivity index (χ0v) is 18.9. The summed E-state index contributed by atoms with van der Waals surface area (Å²) < 4.78 is 0. The van der Waals surface area contributed by atoms with Gasteiger partial charge in [0.15, 0.2) is 0 Å². The van der Waals surface area contributed by atoms with Crippen LogP contribution in [-0.2, 0) is 17.8 Å². The van der Waals surface area contributed by atoms with Crippen LogP contribution in [0.4, 0.5) is 0 Å². The van der Waals surface area contributed by atoms with Crippen LogP contribution in [0.1, 0.15) is 57.2 Å². The maximum atomic E-state index is 13.1. The van der Waals surface area contributed by atoms with E-state index < -0.39 is 17.9 Å². The van der Waals surface area contributed by atoms with Gasteiger partial charge < -0.3 is 5.32 Å². The molecule has 1 unspecified atom stereocenters. The number of hydrogen-bond acceptors (Lipinski definition) is 5. The molecule has 164 valence electrons. The molecule has 0 spiro atoms. The first kappa shape index (κ1) is 21.9. The van der Waals surface area contributed by atoms with Crippen LogP contribution < -0.4 is 5.32 Å². The van der Waals surface area contributed by atoms with Gasteiger partial charge in [-0.15, -0.1) is 11.3 Å². The van der Waals surface area contributed by atoms with Crippen molar-refractivity contribution in [3.63, 3.8) is 0 Å². The van der Waals surface area contributed by atoms with E-state index in [2.05, 4.69) is 22.4 Å². The molecule has 2 aromatic carbocycles. The topological polar surface area (TPSA) is 79.4 Å². The monoisotopic (exact) mass is 447 g/mol. The van der Waals surface area contributed by atoms with Crippen LogP contribution in [0.5, 0.6) is 0 Å². The van der Waals surface area contributed by atoms with Crippen LogP contribution in [0.25, 0.3) is 0 Å². The van der Waals surface area contributed by atoms with Crippen molar-refractivity contribution in [1.29, 1.82) is 0 Å². The molecule has 0 bridgehead atoms. The number of amides is 3. The van der Waals surface area contributed by atoms with Gasteiger partial charge in [-0.05, 0) is 30.0 Å². The van der Waals surface area contributed by atoms with Crippen molar-refractivity contribution in [2.45, 2.75) is 39.3 Å². The number of aromatic nitrogens is 1. The SMILES string of the molecule is CC(C)CC(C(=O)NCc1csc(Cc2ccccc2)n1)N1C(=O)c2ccccc2C1=O. The Morgan fingerprint density at radius 1 is 1.00 bits per heavy atom. The third-order valence-corrected chi connectivity index (χ3v) is 6.27. The van der Waals surface area contributed by atoms with Crippen molar-refractivity contribution in [1.82, 2.24) is 15.2 Å². The highest BCUT2D eigenvalue weighted by atomic mass is 32.1. The summed E-state index contributed by atoms with van der Waals surface area (Å²) >= 11 is 1.55. The molecule has 1 N–H and O–H groups in total. The van der Waals surface area contributed by atoms with Crippen LogP contribution in [0.15, 0.2) is 60.0 Å². The fourth-order valence-corrected chi connectivity index (χ4v) is 4.67. The molecule has 0 saturated carbocycles. The second-order valence-electron chi connectivity index (χ2n) is 8.28. The number of hydrogen-bond donors (Lipinski definition) is 1. The lowest BCUT2D eigenvalue weighted by molar-refractivity contribution is -0.125. The molecule has 4 rings (SSSR count). The lowest BCUT2D eigenvalue weighted by Gasteiger charge is -2.26. The predicted octanol–water partition coefficient (Wildman–Crippen LogP) is 4.06. The quantitative estimate of drug-likeness (QED) is 0.528. The summed E-state index contributed by atoms with van der Waals surface area (Å²) in [7, 11) is 0. The van der Waals surface area contributed by atoms with Crippen molar-refractivity contribution in [3.05, 3.63) is 87.4 Å². The normalized spacial score (nSPS) is 14.0. The Labute approximate surface area is 191 Å². The molecule has 1 aliphatic heterocycles. The van der Waals surface area contributed by atoms with Gasteiger partial charge in [0.05, 0.1) is 28.4 Å². The second-order valence-corrected chi connectivity index (χ2v) is 9.23. The maximum absolute atomic E-state index is 13.1. The van der Waals surface area contributed by atoms with Gasteiger partial charge in [-0.25, -0.2) is 4.98 Å². The first-order valence-corrected chi connectivity index (χ1v) is 11.5. The standard InChI is InChI=1S/C25H25N3O3S/c1-16(2)12-21(28-24(30)19-10-6-7-11-20(19)25(28)31)23(29)26-14-18-15-32-22(27-18)13-17-8-4-3-5-9-17/h3-11,15-16,21H,12-14H2,1-2H3,(H,26,29). The molecule has 1 atom stereocenters. The van der Waals surface area contributed by atoms with Gasteiger partial charge >= 0.3 is 0 Å². The molecule has 6 nitrogen and oxygen atoms in total. The fraction of sp³-hybridized carbons (Fsp3) is 0.280. The summed E-state index contributed by atoms with van der Waals surface area (Å²) in [6, 6.07) is 15.9. The van der Waals surface area contributed by atoms with Gasteiger partial charge in [0.1, 0.15) is 6.04 Å². The van der Waals surface area contributed by atoms with Gasteiger partial charge in [0.2, 0.25) is 5.91 Å². The summed E-state index contributed by atoms with van der Waals surface area (Å²) in [5, 5.41) is 5.79. The highest BCUT2D eigenvalue weighted by molar-refractivity contribution is 7.09. The lowest BCUT2D eigenvalue weighted by atomic mass is 10.0. The third kappa shape index (κ3) is 4.62. The summed E-state index contributed by atoms with van der Waals surface area (Å²) in [6.07, 6.45) is 1.14. The molecule has 0 radical (unpaired) electrons. The van der Waals surface area contributed by atoms with Crippen molar-refractivity contribution < 1.29 is 14.4 Å². The van der Waals surface area contributed by atoms with Crippen LogP contribution in [-0.4, -0.2) is 33.6 Å². The minimum Gasteiger partial charge on any atom is -0.349 e. The smallest absolute Gasteiger partial charge is 0.262 e. The number of rotatable bonds is 8. The summed E-state index contributed by atoms with van der Waals surface area (Å²) in [6.45, 7) is 4.19. The minimum absolute atomic E-state index is 0.131. The van der Waals surface area contributed by atoms with Crippen molar-refractivity contribution in [2.24, 2.45) is 5.92 Å². The van der Waals surface area contributed by atoms with Crippen molar-refractivity contribution in [2.75, 3.05) is 0 Å².